The predicted octanol–water partition coefficient (Wildman–Crippen LogP) is 1.62. The van der Waals surface area contributed by atoms with Crippen LogP contribution in [0.25, 0.3) is 11.2 Å². The number of carbonyl (C=O) groups excluding carboxylic acids is 1. The molecule has 1 saturated heterocycles. The minimum Gasteiger partial charge on any atom is -0.369 e. The van der Waals surface area contributed by atoms with Crippen molar-refractivity contribution in [2.24, 2.45) is 10.9 Å². The molecule has 3 atom stereocenters. The molecule has 132 valence electrons. The van der Waals surface area contributed by atoms with Crippen LogP contribution in [-0.2, 0) is 4.79 Å². The molecule has 25 heavy (non-hydrogen) atoms. The second-order valence-electron chi connectivity index (χ2n) is 7.25. The van der Waals surface area contributed by atoms with Gasteiger partial charge in [0.2, 0.25) is 5.91 Å². The molecule has 1 saturated carbocycles. The first-order chi connectivity index (χ1) is 12.0. The molecule has 1 amide bonds. The molecule has 0 aromatic carbocycles. The van der Waals surface area contributed by atoms with Crippen LogP contribution in [-0.4, -0.2) is 68.7 Å². The van der Waals surface area contributed by atoms with Gasteiger partial charge in [-0.25, -0.2) is 19.9 Å². The summed E-state index contributed by atoms with van der Waals surface area (Å²) in [4.78, 5) is 33.6. The smallest absolute Gasteiger partial charge is 0.222 e. The summed E-state index contributed by atoms with van der Waals surface area (Å²) < 4.78 is 2.11. The van der Waals surface area contributed by atoms with E-state index < -0.39 is 0 Å². The van der Waals surface area contributed by atoms with Crippen molar-refractivity contribution in [3.8, 4) is 0 Å². The molecule has 1 aliphatic heterocycles. The molecule has 2 bridgehead atoms. The van der Waals surface area contributed by atoms with Gasteiger partial charge in [0, 0.05) is 27.6 Å². The van der Waals surface area contributed by atoms with Crippen molar-refractivity contribution in [1.82, 2.24) is 29.3 Å². The lowest BCUT2D eigenvalue weighted by molar-refractivity contribution is -0.140. The van der Waals surface area contributed by atoms with E-state index in [1.54, 1.807) is 6.34 Å². The van der Waals surface area contributed by atoms with Crippen LogP contribution in [0.1, 0.15) is 31.7 Å². The highest BCUT2D eigenvalue weighted by Crippen LogP contribution is 2.41. The van der Waals surface area contributed by atoms with Crippen LogP contribution >= 0.6 is 0 Å². The van der Waals surface area contributed by atoms with Crippen molar-refractivity contribution in [1.29, 1.82) is 0 Å². The van der Waals surface area contributed by atoms with Crippen molar-refractivity contribution >= 4 is 29.2 Å². The van der Waals surface area contributed by atoms with Gasteiger partial charge in [-0.3, -0.25) is 4.79 Å². The predicted molar refractivity (Wildman–Crippen MR) is 94.7 cm³/mol. The average molecular weight is 341 g/mol. The highest BCUT2D eigenvalue weighted by Gasteiger charge is 2.41. The largest absolute Gasteiger partial charge is 0.369 e. The fraction of sp³-hybridized carbons (Fsp3) is 0.588. The second-order valence-corrected chi connectivity index (χ2v) is 7.25. The number of carbonyl (C=O) groups is 1. The van der Waals surface area contributed by atoms with Gasteiger partial charge in [-0.1, -0.05) is 0 Å². The molecule has 0 unspecified atom stereocenters. The Kier molecular flexibility index (Phi) is 3.89. The number of aliphatic imine (C=N–C) groups is 1. The van der Waals surface area contributed by atoms with E-state index in [0.29, 0.717) is 23.7 Å². The Balaban J connectivity index is 1.72. The molecule has 2 aromatic rings. The fourth-order valence-corrected chi connectivity index (χ4v) is 4.06. The topological polar surface area (TPSA) is 79.5 Å². The third-order valence-electron chi connectivity index (χ3n) is 5.35. The van der Waals surface area contributed by atoms with E-state index in [1.165, 1.54) is 6.33 Å². The summed E-state index contributed by atoms with van der Waals surface area (Å²) in [7, 11) is 5.74. The van der Waals surface area contributed by atoms with E-state index in [-0.39, 0.29) is 18.0 Å². The number of amides is 1. The number of hydrogen-bond donors (Lipinski definition) is 0. The summed E-state index contributed by atoms with van der Waals surface area (Å²) in [5, 5.41) is 0. The normalized spacial score (nSPS) is 26.6. The van der Waals surface area contributed by atoms with Gasteiger partial charge >= 0.3 is 0 Å². The molecule has 0 radical (unpaired) electrons. The van der Waals surface area contributed by atoms with E-state index in [4.69, 9.17) is 0 Å². The number of fused-ring (bicyclic) bond motifs is 3. The molecule has 2 aromatic heterocycles. The average Bonchev–Trinajstić information content (AvgIpc) is 3.02. The zero-order chi connectivity index (χ0) is 17.6. The third kappa shape index (κ3) is 2.75. The van der Waals surface area contributed by atoms with Crippen molar-refractivity contribution in [2.45, 2.75) is 37.8 Å². The molecule has 0 spiro atoms. The molecular formula is C17H23N7O. The Labute approximate surface area is 146 Å². The molecule has 4 rings (SSSR count). The number of likely N-dealkylation sites (N-methyl/N-ethyl adjacent to an activating group) is 1. The van der Waals surface area contributed by atoms with E-state index in [9.17, 15) is 4.79 Å². The Morgan fingerprint density at radius 1 is 1.24 bits per heavy atom. The van der Waals surface area contributed by atoms with Crippen molar-refractivity contribution in [3.05, 3.63) is 12.7 Å². The Morgan fingerprint density at radius 3 is 2.88 bits per heavy atom. The highest BCUT2D eigenvalue weighted by molar-refractivity contribution is 5.83. The van der Waals surface area contributed by atoms with Crippen molar-refractivity contribution < 1.29 is 4.79 Å². The SMILES string of the molecule is CN(C)/C=N\c1ncnc2c1ncn2[C@H]1CC[C@H]2CC(=O)N(C)[C@H]1C2. The monoisotopic (exact) mass is 341 g/mol. The maximum Gasteiger partial charge on any atom is 0.222 e. The van der Waals surface area contributed by atoms with Gasteiger partial charge in [0.1, 0.15) is 6.33 Å². The lowest BCUT2D eigenvalue weighted by Crippen LogP contribution is -2.50. The van der Waals surface area contributed by atoms with Crippen LogP contribution in [0.4, 0.5) is 5.82 Å². The lowest BCUT2D eigenvalue weighted by atomic mass is 9.76. The zero-order valence-electron chi connectivity index (χ0n) is 14.8. The van der Waals surface area contributed by atoms with E-state index >= 15 is 0 Å². The number of nitrogens with zero attached hydrogens (tertiary/aromatic N) is 7. The number of piperidine rings is 1. The highest BCUT2D eigenvalue weighted by atomic mass is 16.2. The molecule has 3 heterocycles. The Hall–Kier alpha value is -2.51. The Bertz CT molecular complexity index is 828. The molecule has 1 aliphatic carbocycles. The van der Waals surface area contributed by atoms with Gasteiger partial charge in [0.15, 0.2) is 17.0 Å². The quantitative estimate of drug-likeness (QED) is 0.626. The lowest BCUT2D eigenvalue weighted by Gasteiger charge is -2.45. The van der Waals surface area contributed by atoms with Gasteiger partial charge < -0.3 is 14.4 Å². The van der Waals surface area contributed by atoms with E-state index in [0.717, 1.165) is 24.9 Å². The maximum absolute atomic E-state index is 12.2. The third-order valence-corrected chi connectivity index (χ3v) is 5.35. The standard InChI is InChI=1S/C17H23N7O/c1-22(2)9-21-16-15-17(19-8-18-16)24(10-20-15)12-5-4-11-6-13(12)23(3)14(25)7-11/h8-13H,4-7H2,1-3H3/b21-9-/t11-,12+,13+/m1/s1. The summed E-state index contributed by atoms with van der Waals surface area (Å²) in [6.07, 6.45) is 8.94. The summed E-state index contributed by atoms with van der Waals surface area (Å²) in [6.45, 7) is 0. The molecule has 8 heteroatoms. The number of imidazole rings is 1. The van der Waals surface area contributed by atoms with Gasteiger partial charge in [0.25, 0.3) is 0 Å². The van der Waals surface area contributed by atoms with Crippen LogP contribution in [0, 0.1) is 5.92 Å². The summed E-state index contributed by atoms with van der Waals surface area (Å²) >= 11 is 0. The van der Waals surface area contributed by atoms with E-state index in [1.807, 2.05) is 37.3 Å². The minimum atomic E-state index is 0.205. The van der Waals surface area contributed by atoms with Gasteiger partial charge in [0.05, 0.1) is 24.7 Å². The number of likely N-dealkylation sites (tertiary alicyclic amines) is 1. The minimum absolute atomic E-state index is 0.205. The first kappa shape index (κ1) is 16.0. The van der Waals surface area contributed by atoms with Crippen molar-refractivity contribution in [2.75, 3.05) is 21.1 Å². The van der Waals surface area contributed by atoms with Crippen LogP contribution in [0.15, 0.2) is 17.6 Å². The van der Waals surface area contributed by atoms with Crippen LogP contribution < -0.4 is 0 Å². The molecule has 8 nitrogen and oxygen atoms in total. The van der Waals surface area contributed by atoms with Gasteiger partial charge in [-0.15, -0.1) is 0 Å². The maximum atomic E-state index is 12.2. The second kappa shape index (κ2) is 6.09. The van der Waals surface area contributed by atoms with Crippen LogP contribution in [0.5, 0.6) is 0 Å². The number of hydrogen-bond acceptors (Lipinski definition) is 5. The molecule has 0 N–H and O–H groups in total. The number of rotatable bonds is 3. The molecular weight excluding hydrogens is 318 g/mol. The summed E-state index contributed by atoms with van der Waals surface area (Å²) in [5.74, 6) is 1.34. The van der Waals surface area contributed by atoms with Crippen LogP contribution in [0.2, 0.25) is 0 Å². The summed E-state index contributed by atoms with van der Waals surface area (Å²) in [6, 6.07) is 0.414. The van der Waals surface area contributed by atoms with Gasteiger partial charge in [-0.05, 0) is 25.2 Å². The van der Waals surface area contributed by atoms with E-state index in [2.05, 4.69) is 24.5 Å². The Morgan fingerprint density at radius 2 is 2.08 bits per heavy atom. The molecule has 2 fully saturated rings. The number of aromatic nitrogens is 4. The summed E-state index contributed by atoms with van der Waals surface area (Å²) in [5.41, 5.74) is 1.49. The molecule has 2 aliphatic rings. The van der Waals surface area contributed by atoms with Crippen LogP contribution in [0.3, 0.4) is 0 Å². The fourth-order valence-electron chi connectivity index (χ4n) is 4.06. The zero-order valence-corrected chi connectivity index (χ0v) is 14.8. The first-order valence-electron chi connectivity index (χ1n) is 8.68. The van der Waals surface area contributed by atoms with Gasteiger partial charge in [-0.2, -0.15) is 0 Å². The van der Waals surface area contributed by atoms with Crippen molar-refractivity contribution in [3.63, 3.8) is 0 Å². The first-order valence-corrected chi connectivity index (χ1v) is 8.68.